The topological polar surface area (TPSA) is 95.9 Å². The fraction of sp³-hybridized carbons (Fsp3) is 0.849. The second-order valence-corrected chi connectivity index (χ2v) is 17.5. The molecule has 0 radical (unpaired) electrons. The van der Waals surface area contributed by atoms with Crippen molar-refractivity contribution < 1.29 is 24.5 Å². The molecule has 2 unspecified atom stereocenters. The number of aliphatic hydroxyl groups is 2. The smallest absolute Gasteiger partial charge is 0.305 e. The average molecular weight is 830 g/mol. The minimum atomic E-state index is -0.678. The number of esters is 1. The largest absolute Gasteiger partial charge is 0.466 e. The molecule has 0 aliphatic rings. The van der Waals surface area contributed by atoms with Gasteiger partial charge in [-0.3, -0.25) is 9.59 Å². The molecule has 0 aliphatic heterocycles. The highest BCUT2D eigenvalue weighted by molar-refractivity contribution is 5.76. The van der Waals surface area contributed by atoms with E-state index >= 15 is 0 Å². The molecule has 59 heavy (non-hydrogen) atoms. The van der Waals surface area contributed by atoms with Gasteiger partial charge in [0.25, 0.3) is 0 Å². The molecule has 1 amide bonds. The van der Waals surface area contributed by atoms with E-state index in [-0.39, 0.29) is 18.5 Å². The number of unbranched alkanes of at least 4 members (excludes halogenated alkanes) is 31. The molecule has 346 valence electrons. The van der Waals surface area contributed by atoms with E-state index in [0.717, 1.165) is 77.0 Å². The van der Waals surface area contributed by atoms with Crippen molar-refractivity contribution in [3.63, 3.8) is 0 Å². The van der Waals surface area contributed by atoms with Crippen LogP contribution < -0.4 is 5.32 Å². The van der Waals surface area contributed by atoms with Gasteiger partial charge < -0.3 is 20.3 Å². The first kappa shape index (κ1) is 57.1. The number of amides is 1. The van der Waals surface area contributed by atoms with Crippen LogP contribution in [-0.4, -0.2) is 47.4 Å². The van der Waals surface area contributed by atoms with Gasteiger partial charge in [-0.1, -0.05) is 204 Å². The SMILES string of the molecule is CCCCCCCC/C=C\CCCCCCCC(=O)OCCCCC/C=C\C=C/CCCCCCCCC(=O)NC(CO)C(O)CCCCCCCCCCCCCC. The molecule has 2 atom stereocenters. The Morgan fingerprint density at radius 1 is 0.475 bits per heavy atom. The van der Waals surface area contributed by atoms with E-state index in [0.29, 0.717) is 25.9 Å². The van der Waals surface area contributed by atoms with Gasteiger partial charge >= 0.3 is 5.97 Å². The van der Waals surface area contributed by atoms with Crippen LogP contribution in [0.15, 0.2) is 36.5 Å². The van der Waals surface area contributed by atoms with Crippen molar-refractivity contribution in [2.24, 2.45) is 0 Å². The van der Waals surface area contributed by atoms with Crippen LogP contribution in [0.4, 0.5) is 0 Å². The molecule has 0 saturated heterocycles. The summed E-state index contributed by atoms with van der Waals surface area (Å²) in [6.07, 6.45) is 58.3. The Labute approximate surface area is 366 Å². The first-order chi connectivity index (χ1) is 29.0. The Balaban J connectivity index is 3.53. The Morgan fingerprint density at radius 3 is 1.31 bits per heavy atom. The predicted octanol–water partition coefficient (Wildman–Crippen LogP) is 15.3. The van der Waals surface area contributed by atoms with Gasteiger partial charge in [0, 0.05) is 12.8 Å². The van der Waals surface area contributed by atoms with E-state index in [1.165, 1.54) is 154 Å². The van der Waals surface area contributed by atoms with Gasteiger partial charge in [-0.15, -0.1) is 0 Å². The summed E-state index contributed by atoms with van der Waals surface area (Å²) in [7, 11) is 0. The molecule has 0 aromatic heterocycles. The van der Waals surface area contributed by atoms with Crippen LogP contribution in [0.5, 0.6) is 0 Å². The Kier molecular flexibility index (Phi) is 47.2. The van der Waals surface area contributed by atoms with Gasteiger partial charge in [0.1, 0.15) is 0 Å². The molecule has 0 saturated carbocycles. The summed E-state index contributed by atoms with van der Waals surface area (Å²) in [6, 6.07) is -0.557. The first-order valence-electron chi connectivity index (χ1n) is 25.8. The zero-order valence-corrected chi connectivity index (χ0v) is 39.2. The standard InChI is InChI=1S/C53H99NO5/c1-3-5-7-9-11-13-15-17-19-23-27-31-35-39-43-47-53(58)59-48-44-40-36-32-28-24-21-18-20-22-26-30-34-38-42-46-52(57)54-50(49-55)51(56)45-41-37-33-29-25-16-14-12-10-8-6-4-2/h17-19,21,24,28,50-51,55-56H,3-16,20,22-23,25-27,29-49H2,1-2H3,(H,54,57)/b19-17-,21-18-,28-24-. The quantitative estimate of drug-likeness (QED) is 0.0246. The molecule has 0 fully saturated rings. The summed E-state index contributed by atoms with van der Waals surface area (Å²) < 4.78 is 5.44. The van der Waals surface area contributed by atoms with Crippen LogP contribution >= 0.6 is 0 Å². The highest BCUT2D eigenvalue weighted by Gasteiger charge is 2.20. The zero-order valence-electron chi connectivity index (χ0n) is 39.2. The molecule has 0 bridgehead atoms. The van der Waals surface area contributed by atoms with Crippen molar-refractivity contribution in [2.75, 3.05) is 13.2 Å². The number of hydrogen-bond donors (Lipinski definition) is 3. The third kappa shape index (κ3) is 45.4. The minimum Gasteiger partial charge on any atom is -0.466 e. The van der Waals surface area contributed by atoms with E-state index in [1.807, 2.05) is 0 Å². The van der Waals surface area contributed by atoms with E-state index < -0.39 is 12.1 Å². The number of carbonyl (C=O) groups excluding carboxylic acids is 2. The molecule has 3 N–H and O–H groups in total. The number of hydrogen-bond acceptors (Lipinski definition) is 5. The highest BCUT2D eigenvalue weighted by Crippen LogP contribution is 2.15. The molecule has 0 spiro atoms. The molecule has 6 nitrogen and oxygen atoms in total. The lowest BCUT2D eigenvalue weighted by Gasteiger charge is -2.22. The number of allylic oxidation sites excluding steroid dienone is 6. The summed E-state index contributed by atoms with van der Waals surface area (Å²) in [4.78, 5) is 24.4. The zero-order chi connectivity index (χ0) is 43.0. The molecule has 0 aliphatic carbocycles. The number of aliphatic hydroxyl groups excluding tert-OH is 2. The molecule has 0 aromatic carbocycles. The number of nitrogens with one attached hydrogen (secondary N) is 1. The van der Waals surface area contributed by atoms with Crippen LogP contribution in [0.1, 0.15) is 264 Å². The van der Waals surface area contributed by atoms with Crippen molar-refractivity contribution >= 4 is 11.9 Å². The molecular formula is C53H99NO5. The Bertz CT molecular complexity index is 962. The Morgan fingerprint density at radius 2 is 0.847 bits per heavy atom. The van der Waals surface area contributed by atoms with Gasteiger partial charge in [0.15, 0.2) is 0 Å². The van der Waals surface area contributed by atoms with Crippen molar-refractivity contribution in [2.45, 2.75) is 276 Å². The average Bonchev–Trinajstić information content (AvgIpc) is 3.24. The van der Waals surface area contributed by atoms with E-state index in [2.05, 4.69) is 55.6 Å². The summed E-state index contributed by atoms with van der Waals surface area (Å²) in [6.45, 7) is 4.87. The minimum absolute atomic E-state index is 0.0302. The predicted molar refractivity (Wildman–Crippen MR) is 255 cm³/mol. The Hall–Kier alpha value is -1.92. The molecular weight excluding hydrogens is 731 g/mol. The number of ether oxygens (including phenoxy) is 1. The number of rotatable bonds is 47. The lowest BCUT2D eigenvalue weighted by molar-refractivity contribution is -0.143. The summed E-state index contributed by atoms with van der Waals surface area (Å²) in [5.41, 5.74) is 0. The molecule has 0 heterocycles. The maximum atomic E-state index is 12.4. The second kappa shape index (κ2) is 48.7. The fourth-order valence-electron chi connectivity index (χ4n) is 7.68. The van der Waals surface area contributed by atoms with Gasteiger partial charge in [0.2, 0.25) is 5.91 Å². The highest BCUT2D eigenvalue weighted by atomic mass is 16.5. The summed E-state index contributed by atoms with van der Waals surface area (Å²) in [5.74, 6) is -0.0894. The third-order valence-corrected chi connectivity index (χ3v) is 11.7. The van der Waals surface area contributed by atoms with Crippen LogP contribution in [0.3, 0.4) is 0 Å². The maximum absolute atomic E-state index is 12.4. The van der Waals surface area contributed by atoms with Crippen LogP contribution in [-0.2, 0) is 14.3 Å². The van der Waals surface area contributed by atoms with Crippen molar-refractivity contribution in [1.29, 1.82) is 0 Å². The summed E-state index contributed by atoms with van der Waals surface area (Å²) in [5, 5.41) is 23.1. The summed E-state index contributed by atoms with van der Waals surface area (Å²) >= 11 is 0. The number of carbonyl (C=O) groups is 2. The van der Waals surface area contributed by atoms with Crippen LogP contribution in [0, 0.1) is 0 Å². The normalized spacial score (nSPS) is 12.9. The van der Waals surface area contributed by atoms with Gasteiger partial charge in [-0.05, 0) is 83.5 Å². The van der Waals surface area contributed by atoms with E-state index in [1.54, 1.807) is 0 Å². The molecule has 6 heteroatoms. The maximum Gasteiger partial charge on any atom is 0.305 e. The second-order valence-electron chi connectivity index (χ2n) is 17.5. The van der Waals surface area contributed by atoms with Crippen molar-refractivity contribution in [3.8, 4) is 0 Å². The lowest BCUT2D eigenvalue weighted by atomic mass is 10.0. The molecule has 0 aromatic rings. The van der Waals surface area contributed by atoms with E-state index in [9.17, 15) is 19.8 Å². The van der Waals surface area contributed by atoms with Gasteiger partial charge in [0.05, 0.1) is 25.4 Å². The monoisotopic (exact) mass is 830 g/mol. The fourth-order valence-corrected chi connectivity index (χ4v) is 7.68. The lowest BCUT2D eigenvalue weighted by Crippen LogP contribution is -2.45. The first-order valence-corrected chi connectivity index (χ1v) is 25.8. The van der Waals surface area contributed by atoms with Gasteiger partial charge in [-0.2, -0.15) is 0 Å². The van der Waals surface area contributed by atoms with Crippen LogP contribution in [0.25, 0.3) is 0 Å². The van der Waals surface area contributed by atoms with Crippen LogP contribution in [0.2, 0.25) is 0 Å². The van der Waals surface area contributed by atoms with E-state index in [4.69, 9.17) is 4.74 Å². The van der Waals surface area contributed by atoms with Crippen molar-refractivity contribution in [1.82, 2.24) is 5.32 Å². The van der Waals surface area contributed by atoms with Crippen molar-refractivity contribution in [3.05, 3.63) is 36.5 Å². The van der Waals surface area contributed by atoms with Gasteiger partial charge in [-0.25, -0.2) is 0 Å². The molecule has 0 rings (SSSR count). The third-order valence-electron chi connectivity index (χ3n) is 11.7.